The van der Waals surface area contributed by atoms with Crippen LogP contribution in [0.3, 0.4) is 0 Å². The van der Waals surface area contributed by atoms with E-state index in [1.54, 1.807) is 19.4 Å². The van der Waals surface area contributed by atoms with Gasteiger partial charge in [-0.05, 0) is 5.92 Å². The molecule has 0 unspecified atom stereocenters. The van der Waals surface area contributed by atoms with Crippen molar-refractivity contribution < 1.29 is 9.59 Å². The molecule has 0 aliphatic rings. The van der Waals surface area contributed by atoms with Crippen LogP contribution in [0.1, 0.15) is 30.2 Å². The number of nitrogens with zero attached hydrogens (tertiary/aromatic N) is 4. The predicted molar refractivity (Wildman–Crippen MR) is 112 cm³/mol. The van der Waals surface area contributed by atoms with E-state index in [-0.39, 0.29) is 11.4 Å². The van der Waals surface area contributed by atoms with Gasteiger partial charge in [-0.3, -0.25) is 15.0 Å². The lowest BCUT2D eigenvalue weighted by Crippen LogP contribution is -2.37. The molecule has 11 heteroatoms. The molecule has 2 rings (SSSR count). The molecule has 2 amide bonds. The first kappa shape index (κ1) is 22.4. The van der Waals surface area contributed by atoms with Gasteiger partial charge in [0.15, 0.2) is 5.69 Å². The predicted octanol–water partition coefficient (Wildman–Crippen LogP) is 0.765. The highest BCUT2D eigenvalue weighted by molar-refractivity contribution is 6.44. The zero-order chi connectivity index (χ0) is 22.1. The molecule has 0 saturated carbocycles. The molecule has 0 bridgehead atoms. The van der Waals surface area contributed by atoms with Crippen molar-refractivity contribution in [3.63, 3.8) is 0 Å². The van der Waals surface area contributed by atoms with E-state index in [0.29, 0.717) is 29.5 Å². The Bertz CT molecular complexity index is 942. The first-order valence-corrected chi connectivity index (χ1v) is 9.23. The summed E-state index contributed by atoms with van der Waals surface area (Å²) in [6, 6.07) is 0. The second-order valence-corrected chi connectivity index (χ2v) is 6.65. The molecular weight excluding hydrogens is 386 g/mol. The second-order valence-electron chi connectivity index (χ2n) is 6.65. The number of carbonyl (C=O) groups is 2. The van der Waals surface area contributed by atoms with Crippen molar-refractivity contribution >= 4 is 28.9 Å². The van der Waals surface area contributed by atoms with Gasteiger partial charge < -0.3 is 21.3 Å². The van der Waals surface area contributed by atoms with Crippen molar-refractivity contribution in [2.75, 3.05) is 19.4 Å². The van der Waals surface area contributed by atoms with Crippen LogP contribution in [0.4, 0.5) is 11.4 Å². The van der Waals surface area contributed by atoms with Gasteiger partial charge in [-0.15, -0.1) is 0 Å². The Balaban J connectivity index is 2.39. The molecule has 0 fully saturated rings. The first-order chi connectivity index (χ1) is 14.3. The number of amides is 2. The Labute approximate surface area is 174 Å². The Morgan fingerprint density at radius 3 is 2.47 bits per heavy atom. The molecule has 11 nitrogen and oxygen atoms in total. The topological polar surface area (TPSA) is 158 Å². The number of anilines is 2. The SMILES string of the molecule is CN/C=C(/NC(=O)c1nc(CC(C)C)ncc1Nc1cncnc1)C(=N)C(=O)NC. The molecule has 30 heavy (non-hydrogen) atoms. The molecule has 158 valence electrons. The third kappa shape index (κ3) is 6.06. The second kappa shape index (κ2) is 10.6. The number of hydrogen-bond donors (Lipinski definition) is 5. The molecule has 0 aromatic carbocycles. The third-order valence-corrected chi connectivity index (χ3v) is 3.74. The van der Waals surface area contributed by atoms with Crippen LogP contribution in [-0.2, 0) is 11.2 Å². The van der Waals surface area contributed by atoms with E-state index in [4.69, 9.17) is 5.41 Å². The zero-order valence-corrected chi connectivity index (χ0v) is 17.3. The highest BCUT2D eigenvalue weighted by Gasteiger charge is 2.21. The van der Waals surface area contributed by atoms with Crippen molar-refractivity contribution in [2.45, 2.75) is 20.3 Å². The molecule has 2 aromatic rings. The standard InChI is InChI=1S/C19H25N9O2/c1-11(2)5-15-25-9-14(26-12-6-23-10-24-7-12)17(28-15)19(30)27-13(8-21-3)16(20)18(29)22-4/h6-11,20-21,26H,5H2,1-4H3,(H,22,29)(H,27,30)/b13-8+,20-16?. The molecule has 0 spiro atoms. The largest absolute Gasteiger partial charge is 0.392 e. The van der Waals surface area contributed by atoms with E-state index in [2.05, 4.69) is 41.2 Å². The third-order valence-electron chi connectivity index (χ3n) is 3.74. The smallest absolute Gasteiger partial charge is 0.276 e. The molecule has 5 N–H and O–H groups in total. The van der Waals surface area contributed by atoms with E-state index >= 15 is 0 Å². The monoisotopic (exact) mass is 411 g/mol. The van der Waals surface area contributed by atoms with Gasteiger partial charge in [0, 0.05) is 26.7 Å². The summed E-state index contributed by atoms with van der Waals surface area (Å²) < 4.78 is 0. The Hall–Kier alpha value is -3.89. The summed E-state index contributed by atoms with van der Waals surface area (Å²) in [7, 11) is 3.00. The number of nitrogens with one attached hydrogen (secondary N) is 5. The van der Waals surface area contributed by atoms with Crippen LogP contribution in [0, 0.1) is 11.3 Å². The maximum Gasteiger partial charge on any atom is 0.276 e. The van der Waals surface area contributed by atoms with Crippen LogP contribution in [-0.4, -0.2) is 51.6 Å². The summed E-state index contributed by atoms with van der Waals surface area (Å²) in [4.78, 5) is 41.4. The lowest BCUT2D eigenvalue weighted by atomic mass is 10.1. The summed E-state index contributed by atoms with van der Waals surface area (Å²) in [5.41, 5.74) is 0.555. The van der Waals surface area contributed by atoms with Crippen LogP contribution in [0.5, 0.6) is 0 Å². The molecule has 2 aromatic heterocycles. The fourth-order valence-electron chi connectivity index (χ4n) is 2.41. The summed E-state index contributed by atoms with van der Waals surface area (Å²) in [6.45, 7) is 4.05. The summed E-state index contributed by atoms with van der Waals surface area (Å²) >= 11 is 0. The van der Waals surface area contributed by atoms with Gasteiger partial charge >= 0.3 is 0 Å². The van der Waals surface area contributed by atoms with Gasteiger partial charge in [-0.1, -0.05) is 13.8 Å². The minimum absolute atomic E-state index is 0.000124. The molecule has 0 saturated heterocycles. The summed E-state index contributed by atoms with van der Waals surface area (Å²) in [5, 5.41) is 18.6. The highest BCUT2D eigenvalue weighted by atomic mass is 16.2. The average molecular weight is 411 g/mol. The molecule has 0 aliphatic carbocycles. The van der Waals surface area contributed by atoms with Gasteiger partial charge in [0.1, 0.15) is 17.9 Å². The molecule has 0 radical (unpaired) electrons. The van der Waals surface area contributed by atoms with Crippen molar-refractivity contribution in [1.29, 1.82) is 5.41 Å². The van der Waals surface area contributed by atoms with Crippen LogP contribution in [0.15, 0.2) is 36.8 Å². The Morgan fingerprint density at radius 1 is 1.17 bits per heavy atom. The molecule has 2 heterocycles. The fraction of sp³-hybridized carbons (Fsp3) is 0.316. The average Bonchev–Trinajstić information content (AvgIpc) is 2.73. The van der Waals surface area contributed by atoms with Crippen LogP contribution < -0.4 is 21.3 Å². The Morgan fingerprint density at radius 2 is 1.87 bits per heavy atom. The fourth-order valence-corrected chi connectivity index (χ4v) is 2.41. The zero-order valence-electron chi connectivity index (χ0n) is 17.3. The number of rotatable bonds is 9. The highest BCUT2D eigenvalue weighted by Crippen LogP contribution is 2.19. The normalized spacial score (nSPS) is 11.0. The van der Waals surface area contributed by atoms with Gasteiger partial charge in [0.05, 0.1) is 35.7 Å². The first-order valence-electron chi connectivity index (χ1n) is 9.23. The van der Waals surface area contributed by atoms with Gasteiger partial charge in [-0.25, -0.2) is 19.9 Å². The number of carbonyl (C=O) groups excluding carboxylic acids is 2. The van der Waals surface area contributed by atoms with Crippen molar-refractivity contribution in [2.24, 2.45) is 5.92 Å². The van der Waals surface area contributed by atoms with Gasteiger partial charge in [-0.2, -0.15) is 0 Å². The van der Waals surface area contributed by atoms with E-state index < -0.39 is 17.5 Å². The lowest BCUT2D eigenvalue weighted by Gasteiger charge is -2.14. The quantitative estimate of drug-likeness (QED) is 0.379. The van der Waals surface area contributed by atoms with Crippen molar-refractivity contribution in [3.8, 4) is 0 Å². The Kier molecular flexibility index (Phi) is 7.91. The minimum atomic E-state index is -0.639. The van der Waals surface area contributed by atoms with Gasteiger partial charge in [0.2, 0.25) is 0 Å². The van der Waals surface area contributed by atoms with E-state index in [1.807, 2.05) is 13.8 Å². The van der Waals surface area contributed by atoms with E-state index in [9.17, 15) is 9.59 Å². The van der Waals surface area contributed by atoms with E-state index in [0.717, 1.165) is 0 Å². The summed E-state index contributed by atoms with van der Waals surface area (Å²) in [5.74, 6) is -0.439. The lowest BCUT2D eigenvalue weighted by molar-refractivity contribution is -0.114. The summed E-state index contributed by atoms with van der Waals surface area (Å²) in [6.07, 6.45) is 7.93. The number of hydrogen-bond acceptors (Lipinski definition) is 9. The number of aromatic nitrogens is 4. The van der Waals surface area contributed by atoms with E-state index in [1.165, 1.54) is 25.8 Å². The van der Waals surface area contributed by atoms with Crippen LogP contribution in [0.25, 0.3) is 0 Å². The van der Waals surface area contributed by atoms with Crippen molar-refractivity contribution in [1.82, 2.24) is 35.9 Å². The molecule has 0 aliphatic heterocycles. The minimum Gasteiger partial charge on any atom is -0.392 e. The maximum absolute atomic E-state index is 13.0. The van der Waals surface area contributed by atoms with Crippen molar-refractivity contribution in [3.05, 3.63) is 48.3 Å². The molecular formula is C19H25N9O2. The van der Waals surface area contributed by atoms with Gasteiger partial charge in [0.25, 0.3) is 11.8 Å². The van der Waals surface area contributed by atoms with Crippen LogP contribution in [0.2, 0.25) is 0 Å². The maximum atomic E-state index is 13.0. The molecule has 0 atom stereocenters. The van der Waals surface area contributed by atoms with Crippen LogP contribution >= 0.6 is 0 Å².